The highest BCUT2D eigenvalue weighted by Crippen LogP contribution is 2.39. The average Bonchev–Trinajstić information content (AvgIpc) is 3.16. The van der Waals surface area contributed by atoms with E-state index in [1.54, 1.807) is 12.1 Å². The second kappa shape index (κ2) is 7.89. The number of phenolic OH excluding ortho intramolecular Hbond substituents is 1. The summed E-state index contributed by atoms with van der Waals surface area (Å²) in [5.74, 6) is 1.21. The molecule has 0 bridgehead atoms. The lowest BCUT2D eigenvalue weighted by molar-refractivity contribution is -0.242. The molecule has 0 aliphatic carbocycles. The van der Waals surface area contributed by atoms with Crippen LogP contribution in [0, 0.1) is 0 Å². The molecule has 0 unspecified atom stereocenters. The van der Waals surface area contributed by atoms with E-state index in [1.165, 1.54) is 12.1 Å². The third-order valence-corrected chi connectivity index (χ3v) is 6.17. The second-order valence-corrected chi connectivity index (χ2v) is 9.12. The van der Waals surface area contributed by atoms with Crippen LogP contribution in [0.4, 0.5) is 0 Å². The van der Waals surface area contributed by atoms with Crippen molar-refractivity contribution in [3.63, 3.8) is 0 Å². The third kappa shape index (κ3) is 4.03. The first-order valence-electron chi connectivity index (χ1n) is 10.7. The number of phenols is 1. The van der Waals surface area contributed by atoms with E-state index in [9.17, 15) is 25.5 Å². The Bertz CT molecular complexity index is 1180. The zero-order valence-electron chi connectivity index (χ0n) is 18.1. The SMILES string of the molecule is CC1(C)Oc2cc3oc(-c4cc(O)cc(O[C@H]5OC[C@H](O)[C@H](O)[C@@H]5O)c4)cc3cc2C[C@H]1O. The predicted molar refractivity (Wildman–Crippen MR) is 116 cm³/mol. The van der Waals surface area contributed by atoms with Gasteiger partial charge in [-0.2, -0.15) is 0 Å². The summed E-state index contributed by atoms with van der Waals surface area (Å²) >= 11 is 0. The van der Waals surface area contributed by atoms with E-state index in [1.807, 2.05) is 26.0 Å². The Hall–Kier alpha value is -2.82. The van der Waals surface area contributed by atoms with Gasteiger partial charge in [0.25, 0.3) is 0 Å². The molecule has 1 saturated heterocycles. The fraction of sp³-hybridized carbons (Fsp3) is 0.417. The van der Waals surface area contributed by atoms with E-state index in [4.69, 9.17) is 18.6 Å². The van der Waals surface area contributed by atoms with Crippen molar-refractivity contribution >= 4 is 11.0 Å². The first-order valence-corrected chi connectivity index (χ1v) is 10.7. The van der Waals surface area contributed by atoms with Gasteiger partial charge in [-0.25, -0.2) is 0 Å². The van der Waals surface area contributed by atoms with Gasteiger partial charge in [0.15, 0.2) is 0 Å². The molecular weight excluding hydrogens is 432 g/mol. The van der Waals surface area contributed by atoms with Crippen LogP contribution in [0.2, 0.25) is 0 Å². The highest BCUT2D eigenvalue weighted by atomic mass is 16.7. The lowest BCUT2D eigenvalue weighted by Gasteiger charge is -2.36. The number of fused-ring (bicyclic) bond motifs is 2. The molecule has 5 rings (SSSR count). The van der Waals surface area contributed by atoms with Crippen LogP contribution >= 0.6 is 0 Å². The number of benzene rings is 2. The molecule has 0 radical (unpaired) electrons. The van der Waals surface area contributed by atoms with Crippen LogP contribution in [-0.2, 0) is 11.2 Å². The quantitative estimate of drug-likeness (QED) is 0.396. The minimum Gasteiger partial charge on any atom is -0.508 e. The topological polar surface area (TPSA) is 142 Å². The monoisotopic (exact) mass is 458 g/mol. The van der Waals surface area contributed by atoms with Crippen molar-refractivity contribution in [2.75, 3.05) is 6.61 Å². The molecule has 0 saturated carbocycles. The van der Waals surface area contributed by atoms with Crippen molar-refractivity contribution in [2.24, 2.45) is 0 Å². The van der Waals surface area contributed by atoms with E-state index in [2.05, 4.69) is 0 Å². The van der Waals surface area contributed by atoms with Gasteiger partial charge in [-0.1, -0.05) is 0 Å². The molecule has 2 aromatic carbocycles. The molecule has 0 spiro atoms. The van der Waals surface area contributed by atoms with E-state index in [0.29, 0.717) is 29.1 Å². The fourth-order valence-electron chi connectivity index (χ4n) is 4.13. The number of aliphatic hydroxyl groups excluding tert-OH is 4. The Morgan fingerprint density at radius 1 is 0.970 bits per heavy atom. The molecule has 1 fully saturated rings. The highest BCUT2D eigenvalue weighted by molar-refractivity contribution is 5.85. The number of furan rings is 1. The number of aliphatic hydroxyl groups is 4. The van der Waals surface area contributed by atoms with Crippen LogP contribution in [0.25, 0.3) is 22.3 Å². The van der Waals surface area contributed by atoms with Crippen LogP contribution in [0.1, 0.15) is 19.4 Å². The Balaban J connectivity index is 1.45. The molecule has 33 heavy (non-hydrogen) atoms. The standard InChI is InChI=1S/C24H26O9/c1-24(2)20(27)7-12-3-11-6-17(32-18(11)9-19(12)33-24)13-4-14(25)8-15(5-13)31-23-22(29)21(28)16(26)10-30-23/h3-6,8-9,16,20-23,25-29H,7,10H2,1-2H3/t16-,20+,21-,22-,23+/m0/s1. The molecule has 2 aliphatic rings. The molecule has 3 aromatic rings. The number of aromatic hydroxyl groups is 1. The lowest BCUT2D eigenvalue weighted by atomic mass is 9.90. The molecule has 5 N–H and O–H groups in total. The van der Waals surface area contributed by atoms with E-state index < -0.39 is 36.3 Å². The van der Waals surface area contributed by atoms with Crippen LogP contribution < -0.4 is 9.47 Å². The zero-order chi connectivity index (χ0) is 23.5. The van der Waals surface area contributed by atoms with Gasteiger partial charge in [0.05, 0.1) is 12.7 Å². The van der Waals surface area contributed by atoms with Crippen LogP contribution in [0.5, 0.6) is 17.2 Å². The van der Waals surface area contributed by atoms with Gasteiger partial charge in [0.1, 0.15) is 52.5 Å². The summed E-state index contributed by atoms with van der Waals surface area (Å²) in [6, 6.07) is 9.97. The number of ether oxygens (including phenoxy) is 3. The third-order valence-electron chi connectivity index (χ3n) is 6.17. The molecule has 1 aromatic heterocycles. The molecular formula is C24H26O9. The zero-order valence-corrected chi connectivity index (χ0v) is 18.1. The first-order chi connectivity index (χ1) is 15.6. The van der Waals surface area contributed by atoms with Crippen molar-refractivity contribution in [3.8, 4) is 28.6 Å². The maximum absolute atomic E-state index is 10.3. The summed E-state index contributed by atoms with van der Waals surface area (Å²) in [5, 5.41) is 50.9. The Morgan fingerprint density at radius 3 is 2.55 bits per heavy atom. The number of rotatable bonds is 3. The van der Waals surface area contributed by atoms with Gasteiger partial charge >= 0.3 is 0 Å². The molecule has 9 heteroatoms. The molecule has 0 amide bonds. The average molecular weight is 458 g/mol. The van der Waals surface area contributed by atoms with Crippen molar-refractivity contribution in [3.05, 3.63) is 42.0 Å². The van der Waals surface area contributed by atoms with Crippen LogP contribution in [0.3, 0.4) is 0 Å². The van der Waals surface area contributed by atoms with Crippen molar-refractivity contribution in [2.45, 2.75) is 56.6 Å². The van der Waals surface area contributed by atoms with E-state index in [0.717, 1.165) is 10.9 Å². The van der Waals surface area contributed by atoms with Gasteiger partial charge in [-0.3, -0.25) is 0 Å². The largest absolute Gasteiger partial charge is 0.508 e. The number of hydrogen-bond donors (Lipinski definition) is 5. The van der Waals surface area contributed by atoms with Crippen LogP contribution in [0.15, 0.2) is 40.8 Å². The fourth-order valence-corrected chi connectivity index (χ4v) is 4.13. The Kier molecular flexibility index (Phi) is 5.26. The second-order valence-electron chi connectivity index (χ2n) is 9.12. The van der Waals surface area contributed by atoms with Crippen molar-refractivity contribution < 1.29 is 44.2 Å². The maximum Gasteiger partial charge on any atom is 0.228 e. The normalized spacial score (nSPS) is 28.8. The minimum absolute atomic E-state index is 0.0960. The summed E-state index contributed by atoms with van der Waals surface area (Å²) in [6.07, 6.45) is -5.46. The van der Waals surface area contributed by atoms with E-state index >= 15 is 0 Å². The van der Waals surface area contributed by atoms with Crippen LogP contribution in [-0.4, -0.2) is 68.4 Å². The van der Waals surface area contributed by atoms with Gasteiger partial charge in [0, 0.05) is 29.5 Å². The van der Waals surface area contributed by atoms with Gasteiger partial charge in [-0.05, 0) is 43.7 Å². The summed E-state index contributed by atoms with van der Waals surface area (Å²) in [7, 11) is 0. The Labute approximate surface area is 189 Å². The summed E-state index contributed by atoms with van der Waals surface area (Å²) in [6.45, 7) is 3.47. The summed E-state index contributed by atoms with van der Waals surface area (Å²) in [5.41, 5.74) is 1.28. The van der Waals surface area contributed by atoms with E-state index in [-0.39, 0.29) is 18.1 Å². The first kappa shape index (κ1) is 22.0. The summed E-state index contributed by atoms with van der Waals surface area (Å²) < 4.78 is 22.9. The molecule has 3 heterocycles. The maximum atomic E-state index is 10.3. The van der Waals surface area contributed by atoms with Gasteiger partial charge in [0.2, 0.25) is 6.29 Å². The van der Waals surface area contributed by atoms with Gasteiger partial charge < -0.3 is 44.2 Å². The van der Waals surface area contributed by atoms with Crippen molar-refractivity contribution in [1.82, 2.24) is 0 Å². The lowest BCUT2D eigenvalue weighted by Crippen LogP contribution is -2.54. The molecule has 176 valence electrons. The summed E-state index contributed by atoms with van der Waals surface area (Å²) in [4.78, 5) is 0. The highest BCUT2D eigenvalue weighted by Gasteiger charge is 2.39. The van der Waals surface area contributed by atoms with Gasteiger partial charge in [-0.15, -0.1) is 0 Å². The molecule has 2 aliphatic heterocycles. The number of hydrogen-bond acceptors (Lipinski definition) is 9. The molecule has 5 atom stereocenters. The molecule has 9 nitrogen and oxygen atoms in total. The predicted octanol–water partition coefficient (Wildman–Crippen LogP) is 1.70. The van der Waals surface area contributed by atoms with Crippen molar-refractivity contribution in [1.29, 1.82) is 0 Å². The smallest absolute Gasteiger partial charge is 0.228 e. The Morgan fingerprint density at radius 2 is 1.76 bits per heavy atom. The minimum atomic E-state index is -1.46.